The summed E-state index contributed by atoms with van der Waals surface area (Å²) in [6.07, 6.45) is 3.39. The second-order valence-corrected chi connectivity index (χ2v) is 10.6. The van der Waals surface area contributed by atoms with E-state index in [0.29, 0.717) is 18.5 Å². The van der Waals surface area contributed by atoms with Crippen LogP contribution in [-0.2, 0) is 15.3 Å². The zero-order valence-electron chi connectivity index (χ0n) is 21.1. The number of carbonyl (C=O) groups is 2. The Labute approximate surface area is 227 Å². The maximum absolute atomic E-state index is 15.3. The van der Waals surface area contributed by atoms with Crippen molar-refractivity contribution in [1.82, 2.24) is 9.58 Å². The molecule has 0 unspecified atom stereocenters. The standard InChI is InChI=1S/C28H25F2N3O5S/c1-16(34)37-15-38-27-21(35)11-13-32-26(27)28(36)31-12-5-4-8-23(31)33(32)25-17-9-10-20(29)24(30)19(17)14-39-22-7-3-2-6-18(22)25/h2-3,6-7,9-11,13,23,25H,4-5,8,12,14-15H2,1H3/t23-,25+/m1/s1. The van der Waals surface area contributed by atoms with Crippen LogP contribution >= 0.6 is 11.8 Å². The summed E-state index contributed by atoms with van der Waals surface area (Å²) in [6.45, 7) is 1.14. The van der Waals surface area contributed by atoms with Crippen LogP contribution in [0, 0.1) is 11.6 Å². The zero-order valence-corrected chi connectivity index (χ0v) is 21.9. The molecule has 2 aromatic carbocycles. The molecule has 6 rings (SSSR count). The summed E-state index contributed by atoms with van der Waals surface area (Å²) in [6, 6.07) is 11.1. The Bertz CT molecular complexity index is 1540. The molecule has 202 valence electrons. The molecule has 4 heterocycles. The van der Waals surface area contributed by atoms with Crippen molar-refractivity contribution in [3.63, 3.8) is 0 Å². The summed E-state index contributed by atoms with van der Waals surface area (Å²) in [5, 5.41) is 1.97. The van der Waals surface area contributed by atoms with E-state index in [0.717, 1.165) is 29.4 Å². The number of benzene rings is 2. The van der Waals surface area contributed by atoms with Gasteiger partial charge < -0.3 is 14.4 Å². The lowest BCUT2D eigenvalue weighted by Crippen LogP contribution is -2.63. The highest BCUT2D eigenvalue weighted by Gasteiger charge is 2.46. The van der Waals surface area contributed by atoms with E-state index in [9.17, 15) is 18.8 Å². The lowest BCUT2D eigenvalue weighted by molar-refractivity contribution is -0.147. The predicted octanol–water partition coefficient (Wildman–Crippen LogP) is 4.33. The van der Waals surface area contributed by atoms with Crippen LogP contribution < -0.4 is 15.2 Å². The average Bonchev–Trinajstić information content (AvgIpc) is 3.09. The Kier molecular flexibility index (Phi) is 6.54. The van der Waals surface area contributed by atoms with Crippen molar-refractivity contribution in [2.75, 3.05) is 18.3 Å². The Balaban J connectivity index is 1.60. The van der Waals surface area contributed by atoms with Crippen molar-refractivity contribution in [3.8, 4) is 5.75 Å². The van der Waals surface area contributed by atoms with Gasteiger partial charge in [0.1, 0.15) is 6.17 Å². The van der Waals surface area contributed by atoms with E-state index >= 15 is 4.39 Å². The first-order valence-electron chi connectivity index (χ1n) is 12.7. The number of ether oxygens (including phenoxy) is 2. The smallest absolute Gasteiger partial charge is 0.305 e. The number of amides is 1. The van der Waals surface area contributed by atoms with Gasteiger partial charge in [0.05, 0.1) is 6.04 Å². The molecule has 0 bridgehead atoms. The summed E-state index contributed by atoms with van der Waals surface area (Å²) >= 11 is 1.43. The fraction of sp³-hybridized carbons (Fsp3) is 0.321. The number of fused-ring (bicyclic) bond motifs is 4. The van der Waals surface area contributed by atoms with Gasteiger partial charge in [0.2, 0.25) is 18.0 Å². The largest absolute Gasteiger partial charge is 0.451 e. The number of thioether (sulfide) groups is 1. The SMILES string of the molecule is CC(=O)OCOc1c2n(ccc1=O)N([C@@H]1c3ccccc3SCc3c1ccc(F)c3F)[C@@H]1CCCCN1C2=O. The molecule has 2 atom stereocenters. The summed E-state index contributed by atoms with van der Waals surface area (Å²) in [4.78, 5) is 40.7. The fourth-order valence-electron chi connectivity index (χ4n) is 5.66. The maximum Gasteiger partial charge on any atom is 0.305 e. The lowest BCUT2D eigenvalue weighted by Gasteiger charge is -2.52. The van der Waals surface area contributed by atoms with Crippen molar-refractivity contribution in [1.29, 1.82) is 0 Å². The van der Waals surface area contributed by atoms with E-state index in [1.807, 2.05) is 29.3 Å². The van der Waals surface area contributed by atoms with Gasteiger partial charge in [0, 0.05) is 41.9 Å². The maximum atomic E-state index is 15.3. The summed E-state index contributed by atoms with van der Waals surface area (Å²) < 4.78 is 41.7. The summed E-state index contributed by atoms with van der Waals surface area (Å²) in [7, 11) is 0. The first kappa shape index (κ1) is 25.4. The molecule has 0 spiro atoms. The molecule has 0 N–H and O–H groups in total. The minimum absolute atomic E-state index is 0.00804. The number of esters is 1. The van der Waals surface area contributed by atoms with E-state index in [1.54, 1.807) is 15.6 Å². The van der Waals surface area contributed by atoms with Gasteiger partial charge in [-0.1, -0.05) is 24.3 Å². The van der Waals surface area contributed by atoms with Crippen LogP contribution in [0.2, 0.25) is 0 Å². The normalized spacial score (nSPS) is 19.8. The minimum atomic E-state index is -0.919. The van der Waals surface area contributed by atoms with E-state index in [4.69, 9.17) is 9.47 Å². The topological polar surface area (TPSA) is 81.1 Å². The van der Waals surface area contributed by atoms with Gasteiger partial charge in [0.25, 0.3) is 5.91 Å². The quantitative estimate of drug-likeness (QED) is 0.352. The third-order valence-electron chi connectivity index (χ3n) is 7.37. The van der Waals surface area contributed by atoms with Gasteiger partial charge in [-0.2, -0.15) is 0 Å². The van der Waals surface area contributed by atoms with Crippen molar-refractivity contribution in [2.24, 2.45) is 0 Å². The summed E-state index contributed by atoms with van der Waals surface area (Å²) in [5.74, 6) is -2.79. The first-order chi connectivity index (χ1) is 18.9. The van der Waals surface area contributed by atoms with Crippen LogP contribution in [0.5, 0.6) is 5.75 Å². The number of carbonyl (C=O) groups excluding carboxylic acids is 2. The van der Waals surface area contributed by atoms with E-state index in [2.05, 4.69) is 0 Å². The molecule has 1 fully saturated rings. The molecule has 1 aromatic heterocycles. The Hall–Kier alpha value is -3.86. The van der Waals surface area contributed by atoms with Gasteiger partial charge >= 0.3 is 5.97 Å². The fourth-order valence-corrected chi connectivity index (χ4v) is 6.77. The van der Waals surface area contributed by atoms with Crippen LogP contribution in [-0.4, -0.2) is 41.0 Å². The number of hydrogen-bond acceptors (Lipinski definition) is 7. The highest BCUT2D eigenvalue weighted by Crippen LogP contribution is 2.45. The molecule has 0 saturated carbocycles. The molecular formula is C28H25F2N3O5S. The van der Waals surface area contributed by atoms with Gasteiger partial charge in [0.15, 0.2) is 17.3 Å². The van der Waals surface area contributed by atoms with Crippen LogP contribution in [0.15, 0.2) is 58.4 Å². The van der Waals surface area contributed by atoms with Crippen molar-refractivity contribution >= 4 is 23.6 Å². The van der Waals surface area contributed by atoms with Gasteiger partial charge in [-0.3, -0.25) is 24.1 Å². The number of hydrogen-bond donors (Lipinski definition) is 0. The third kappa shape index (κ3) is 4.25. The Morgan fingerprint density at radius 2 is 1.90 bits per heavy atom. The molecule has 0 aliphatic carbocycles. The first-order valence-corrected chi connectivity index (χ1v) is 13.6. The Morgan fingerprint density at radius 3 is 2.72 bits per heavy atom. The monoisotopic (exact) mass is 553 g/mol. The second kappa shape index (κ2) is 10.0. The second-order valence-electron chi connectivity index (χ2n) is 9.61. The average molecular weight is 554 g/mol. The van der Waals surface area contributed by atoms with Gasteiger partial charge in [-0.25, -0.2) is 8.78 Å². The van der Waals surface area contributed by atoms with Gasteiger partial charge in [-0.05, 0) is 42.5 Å². The number of halogens is 2. The molecule has 3 aliphatic rings. The molecule has 0 radical (unpaired) electrons. The number of aromatic nitrogens is 1. The van der Waals surface area contributed by atoms with Crippen LogP contribution in [0.1, 0.15) is 59.4 Å². The Morgan fingerprint density at radius 1 is 1.08 bits per heavy atom. The molecule has 8 nitrogen and oxygen atoms in total. The third-order valence-corrected chi connectivity index (χ3v) is 8.48. The van der Waals surface area contributed by atoms with Gasteiger partial charge in [-0.15, -0.1) is 11.8 Å². The van der Waals surface area contributed by atoms with E-state index in [-0.39, 0.29) is 28.7 Å². The van der Waals surface area contributed by atoms with E-state index < -0.39 is 42.0 Å². The number of piperidine rings is 1. The highest BCUT2D eigenvalue weighted by atomic mass is 32.2. The molecule has 11 heteroatoms. The van der Waals surface area contributed by atoms with E-state index in [1.165, 1.54) is 30.9 Å². The van der Waals surface area contributed by atoms with Crippen molar-refractivity contribution in [3.05, 3.63) is 92.9 Å². The molecule has 3 aliphatic heterocycles. The molecular weight excluding hydrogens is 528 g/mol. The van der Waals surface area contributed by atoms with Crippen LogP contribution in [0.3, 0.4) is 0 Å². The molecule has 3 aromatic rings. The van der Waals surface area contributed by atoms with Crippen molar-refractivity contribution < 1.29 is 27.8 Å². The van der Waals surface area contributed by atoms with Crippen LogP contribution in [0.25, 0.3) is 0 Å². The van der Waals surface area contributed by atoms with Crippen LogP contribution in [0.4, 0.5) is 8.78 Å². The number of pyridine rings is 1. The highest BCUT2D eigenvalue weighted by molar-refractivity contribution is 7.98. The number of rotatable bonds is 4. The molecule has 39 heavy (non-hydrogen) atoms. The minimum Gasteiger partial charge on any atom is -0.451 e. The predicted molar refractivity (Wildman–Crippen MR) is 139 cm³/mol. The van der Waals surface area contributed by atoms with Crippen molar-refractivity contribution in [2.45, 2.75) is 49.0 Å². The molecule has 1 saturated heterocycles. The zero-order chi connectivity index (χ0) is 27.3. The molecule has 1 amide bonds. The number of nitrogens with zero attached hydrogens (tertiary/aromatic N) is 3. The lowest BCUT2D eigenvalue weighted by atomic mass is 9.92. The summed E-state index contributed by atoms with van der Waals surface area (Å²) in [5.41, 5.74) is 1.17.